The molecule has 1 aromatic heterocycles. The lowest BCUT2D eigenvalue weighted by Crippen LogP contribution is -2.63. The quantitative estimate of drug-likeness (QED) is 0.532. The summed E-state index contributed by atoms with van der Waals surface area (Å²) in [5.74, 6) is -3.76. The van der Waals surface area contributed by atoms with Crippen LogP contribution >= 0.6 is 0 Å². The van der Waals surface area contributed by atoms with E-state index in [9.17, 15) is 28.3 Å². The van der Waals surface area contributed by atoms with E-state index in [2.05, 4.69) is 5.32 Å². The molecule has 0 radical (unpaired) electrons. The predicted molar refractivity (Wildman–Crippen MR) is 125 cm³/mol. The number of methoxy groups -OCH3 is 1. The van der Waals surface area contributed by atoms with Crippen molar-refractivity contribution in [3.8, 4) is 5.75 Å². The maximum atomic E-state index is 14.0. The smallest absolute Gasteiger partial charge is 0.274 e. The van der Waals surface area contributed by atoms with Gasteiger partial charge < -0.3 is 29.4 Å². The molecule has 1 spiro atoms. The van der Waals surface area contributed by atoms with Crippen molar-refractivity contribution in [2.45, 2.75) is 50.9 Å². The average Bonchev–Trinajstić information content (AvgIpc) is 2.80. The van der Waals surface area contributed by atoms with Crippen molar-refractivity contribution in [2.75, 3.05) is 26.9 Å². The van der Waals surface area contributed by atoms with Crippen LogP contribution in [0.4, 0.5) is 8.78 Å². The van der Waals surface area contributed by atoms with E-state index in [1.807, 2.05) is 13.8 Å². The first kappa shape index (κ1) is 25.8. The molecule has 4 rings (SSSR count). The summed E-state index contributed by atoms with van der Waals surface area (Å²) in [5, 5.41) is 13.2. The molecular weight excluding hydrogens is 476 g/mol. The summed E-state index contributed by atoms with van der Waals surface area (Å²) in [6, 6.07) is 2.76. The molecule has 0 unspecified atom stereocenters. The number of carbonyl (C=O) groups is 2. The second-order valence-electron chi connectivity index (χ2n) is 9.50. The van der Waals surface area contributed by atoms with Gasteiger partial charge in [-0.2, -0.15) is 0 Å². The molecule has 2 N–H and O–H groups in total. The van der Waals surface area contributed by atoms with Gasteiger partial charge >= 0.3 is 0 Å². The van der Waals surface area contributed by atoms with Crippen LogP contribution in [-0.4, -0.2) is 65.4 Å². The molecule has 0 atom stereocenters. The Balaban J connectivity index is 1.66. The molecule has 0 bridgehead atoms. The monoisotopic (exact) mass is 505 g/mol. The number of carbonyl (C=O) groups excluding carboxylic acids is 2. The normalized spacial score (nSPS) is 21.0. The lowest BCUT2D eigenvalue weighted by atomic mass is 9.71. The molecular formula is C25H29F2N3O6. The molecule has 1 aromatic carbocycles. The van der Waals surface area contributed by atoms with Crippen molar-refractivity contribution in [1.29, 1.82) is 0 Å². The van der Waals surface area contributed by atoms with Crippen LogP contribution in [-0.2, 0) is 21.6 Å². The van der Waals surface area contributed by atoms with E-state index in [1.54, 1.807) is 12.0 Å². The van der Waals surface area contributed by atoms with Gasteiger partial charge in [-0.15, -0.1) is 0 Å². The molecule has 194 valence electrons. The number of pyridine rings is 1. The van der Waals surface area contributed by atoms with Crippen molar-refractivity contribution in [3.63, 3.8) is 0 Å². The largest absolute Gasteiger partial charge is 0.503 e. The number of fused-ring (bicyclic) bond motifs is 2. The predicted octanol–water partition coefficient (Wildman–Crippen LogP) is 2.15. The van der Waals surface area contributed by atoms with Gasteiger partial charge in [0.1, 0.15) is 17.2 Å². The molecule has 1 aliphatic heterocycles. The van der Waals surface area contributed by atoms with Gasteiger partial charge in [0.2, 0.25) is 5.43 Å². The number of benzene rings is 1. The summed E-state index contributed by atoms with van der Waals surface area (Å²) in [6.45, 7) is 4.55. The van der Waals surface area contributed by atoms with Crippen molar-refractivity contribution in [2.24, 2.45) is 0 Å². The SMILES string of the molecule is COCCO[C@H]1C[C@@]2(CN(C(C)C)C(=O)c3c(O)c(=O)c(C(=O)NCc4ccc(F)cc4F)cn32)C1. The van der Waals surface area contributed by atoms with Crippen molar-refractivity contribution < 1.29 is 33.0 Å². The number of amides is 2. The van der Waals surface area contributed by atoms with E-state index >= 15 is 0 Å². The Morgan fingerprint density at radius 2 is 1.97 bits per heavy atom. The van der Waals surface area contributed by atoms with Crippen LogP contribution in [0.2, 0.25) is 0 Å². The maximum Gasteiger partial charge on any atom is 0.274 e. The Morgan fingerprint density at radius 1 is 1.25 bits per heavy atom. The van der Waals surface area contributed by atoms with Crippen molar-refractivity contribution >= 4 is 11.8 Å². The minimum absolute atomic E-state index is 0.0290. The summed E-state index contributed by atoms with van der Waals surface area (Å²) in [4.78, 5) is 40.6. The molecule has 9 nitrogen and oxygen atoms in total. The number of nitrogens with zero attached hydrogens (tertiary/aromatic N) is 2. The van der Waals surface area contributed by atoms with Gasteiger partial charge in [0.15, 0.2) is 11.4 Å². The van der Waals surface area contributed by atoms with Crippen LogP contribution in [0.5, 0.6) is 5.75 Å². The zero-order valence-corrected chi connectivity index (χ0v) is 20.3. The number of halogens is 2. The highest BCUT2D eigenvalue weighted by molar-refractivity contribution is 5.99. The van der Waals surface area contributed by atoms with Gasteiger partial charge in [0.05, 0.1) is 24.9 Å². The molecule has 1 aliphatic carbocycles. The van der Waals surface area contributed by atoms with E-state index in [-0.39, 0.29) is 35.5 Å². The third kappa shape index (κ3) is 4.60. The summed E-state index contributed by atoms with van der Waals surface area (Å²) >= 11 is 0. The maximum absolute atomic E-state index is 14.0. The summed E-state index contributed by atoms with van der Waals surface area (Å²) < 4.78 is 39.5. The Morgan fingerprint density at radius 3 is 2.61 bits per heavy atom. The van der Waals surface area contributed by atoms with Crippen LogP contribution < -0.4 is 10.7 Å². The average molecular weight is 506 g/mol. The van der Waals surface area contributed by atoms with Crippen LogP contribution in [0.15, 0.2) is 29.2 Å². The van der Waals surface area contributed by atoms with Crippen LogP contribution in [0.3, 0.4) is 0 Å². The first-order valence-corrected chi connectivity index (χ1v) is 11.7. The summed E-state index contributed by atoms with van der Waals surface area (Å²) in [6.07, 6.45) is 2.18. The lowest BCUT2D eigenvalue weighted by molar-refractivity contribution is -0.0984. The lowest BCUT2D eigenvalue weighted by Gasteiger charge is -2.55. The fourth-order valence-electron chi connectivity index (χ4n) is 4.83. The number of ether oxygens (including phenoxy) is 2. The number of aromatic nitrogens is 1. The highest BCUT2D eigenvalue weighted by atomic mass is 19.1. The fourth-order valence-corrected chi connectivity index (χ4v) is 4.83. The van der Waals surface area contributed by atoms with Gasteiger partial charge in [-0.3, -0.25) is 14.4 Å². The molecule has 36 heavy (non-hydrogen) atoms. The van der Waals surface area contributed by atoms with Gasteiger partial charge in [-0.05, 0) is 32.8 Å². The summed E-state index contributed by atoms with van der Waals surface area (Å²) in [5.41, 5.74) is -2.20. The Labute approximate surface area is 206 Å². The molecule has 2 amide bonds. The first-order valence-electron chi connectivity index (χ1n) is 11.7. The van der Waals surface area contributed by atoms with Gasteiger partial charge in [0.25, 0.3) is 11.8 Å². The number of aromatic hydroxyl groups is 1. The topological polar surface area (TPSA) is 110 Å². The second-order valence-corrected chi connectivity index (χ2v) is 9.50. The van der Waals surface area contributed by atoms with Gasteiger partial charge in [0, 0.05) is 44.1 Å². The molecule has 1 saturated carbocycles. The van der Waals surface area contributed by atoms with E-state index in [0.29, 0.717) is 38.7 Å². The minimum Gasteiger partial charge on any atom is -0.503 e. The first-order chi connectivity index (χ1) is 17.1. The van der Waals surface area contributed by atoms with E-state index in [1.165, 1.54) is 16.8 Å². The van der Waals surface area contributed by atoms with E-state index < -0.39 is 40.2 Å². The third-order valence-electron chi connectivity index (χ3n) is 6.80. The highest BCUT2D eigenvalue weighted by Crippen LogP contribution is 2.46. The molecule has 11 heteroatoms. The van der Waals surface area contributed by atoms with Crippen LogP contribution in [0, 0.1) is 11.6 Å². The zero-order valence-electron chi connectivity index (χ0n) is 20.3. The summed E-state index contributed by atoms with van der Waals surface area (Å²) in [7, 11) is 1.57. The highest BCUT2D eigenvalue weighted by Gasteiger charge is 2.53. The number of rotatable bonds is 8. The zero-order chi connectivity index (χ0) is 26.2. The van der Waals surface area contributed by atoms with E-state index in [4.69, 9.17) is 9.47 Å². The molecule has 0 saturated heterocycles. The second kappa shape index (κ2) is 9.98. The van der Waals surface area contributed by atoms with Crippen LogP contribution in [0.1, 0.15) is 53.1 Å². The molecule has 1 fully saturated rings. The van der Waals surface area contributed by atoms with Crippen molar-refractivity contribution in [1.82, 2.24) is 14.8 Å². The molecule has 2 aliphatic rings. The van der Waals surface area contributed by atoms with Crippen molar-refractivity contribution in [3.05, 3.63) is 63.1 Å². The van der Waals surface area contributed by atoms with Gasteiger partial charge in [-0.1, -0.05) is 6.07 Å². The Kier molecular flexibility index (Phi) is 7.14. The Hall–Kier alpha value is -3.31. The Bertz CT molecular complexity index is 1240. The van der Waals surface area contributed by atoms with Gasteiger partial charge in [-0.25, -0.2) is 8.78 Å². The number of nitrogens with one attached hydrogen (secondary N) is 1. The fraction of sp³-hybridized carbons (Fsp3) is 0.480. The number of hydrogen-bond donors (Lipinski definition) is 2. The standard InChI is InChI=1S/C25H29F2N3O6/c1-14(2)29-13-25(9-17(10-25)36-7-6-35-3)30-12-18(21(31)22(32)20(30)24(29)34)23(33)28-11-15-4-5-16(26)8-19(15)27/h4-5,8,12,14,17,32H,6-7,9-11,13H2,1-3H3,(H,28,33)/t17-,25-. The van der Waals surface area contributed by atoms with E-state index in [0.717, 1.165) is 6.07 Å². The number of hydrogen-bond acceptors (Lipinski definition) is 6. The molecule has 2 heterocycles. The minimum atomic E-state index is -1.00. The molecule has 2 aromatic rings. The van der Waals surface area contributed by atoms with Crippen LogP contribution in [0.25, 0.3) is 0 Å². The third-order valence-corrected chi connectivity index (χ3v) is 6.80.